The Bertz CT molecular complexity index is 537. The van der Waals surface area contributed by atoms with Crippen LogP contribution in [0.1, 0.15) is 11.3 Å². The molecule has 1 heterocycles. The van der Waals surface area contributed by atoms with Gasteiger partial charge in [-0.2, -0.15) is 0 Å². The van der Waals surface area contributed by atoms with Gasteiger partial charge >= 0.3 is 0 Å². The fourth-order valence-electron chi connectivity index (χ4n) is 1.73. The second-order valence-electron chi connectivity index (χ2n) is 3.86. The summed E-state index contributed by atoms with van der Waals surface area (Å²) in [6.07, 6.45) is 0.713. The third-order valence-corrected chi connectivity index (χ3v) is 2.95. The van der Waals surface area contributed by atoms with Crippen molar-refractivity contribution in [2.45, 2.75) is 13.3 Å². The first-order chi connectivity index (χ1) is 8.11. The van der Waals surface area contributed by atoms with Crippen molar-refractivity contribution in [1.82, 2.24) is 9.97 Å². The SMILES string of the molecule is Cc1cc(-c2nc(Br)[nH]c2CCN)ccc1F. The lowest BCUT2D eigenvalue weighted by Gasteiger charge is -2.03. The summed E-state index contributed by atoms with van der Waals surface area (Å²) in [5.74, 6) is -0.205. The van der Waals surface area contributed by atoms with Gasteiger partial charge in [-0.15, -0.1) is 0 Å². The van der Waals surface area contributed by atoms with Gasteiger partial charge < -0.3 is 10.7 Å². The highest BCUT2D eigenvalue weighted by Gasteiger charge is 2.11. The summed E-state index contributed by atoms with van der Waals surface area (Å²) in [7, 11) is 0. The maximum Gasteiger partial charge on any atom is 0.175 e. The summed E-state index contributed by atoms with van der Waals surface area (Å²) in [6, 6.07) is 4.97. The average Bonchev–Trinajstić information content (AvgIpc) is 2.64. The number of aryl methyl sites for hydroxylation is 1. The Hall–Kier alpha value is -1.20. The number of aromatic nitrogens is 2. The summed E-state index contributed by atoms with van der Waals surface area (Å²) in [5, 5.41) is 0. The predicted molar refractivity (Wildman–Crippen MR) is 69.2 cm³/mol. The zero-order chi connectivity index (χ0) is 12.4. The standard InChI is InChI=1S/C12H13BrFN3/c1-7-6-8(2-3-9(7)14)11-10(4-5-15)16-12(13)17-11/h2-3,6H,4-5,15H2,1H3,(H,16,17). The number of hydrogen-bond donors (Lipinski definition) is 2. The van der Waals surface area contributed by atoms with Crippen LogP contribution in [0, 0.1) is 12.7 Å². The van der Waals surface area contributed by atoms with Crippen molar-refractivity contribution >= 4 is 15.9 Å². The molecule has 2 aromatic rings. The zero-order valence-corrected chi connectivity index (χ0v) is 11.0. The van der Waals surface area contributed by atoms with Gasteiger partial charge in [0.15, 0.2) is 4.73 Å². The number of H-pyrrole nitrogens is 1. The highest BCUT2D eigenvalue weighted by atomic mass is 79.9. The smallest absolute Gasteiger partial charge is 0.175 e. The summed E-state index contributed by atoms with van der Waals surface area (Å²) in [6.45, 7) is 2.28. The number of halogens is 2. The molecule has 0 fully saturated rings. The zero-order valence-electron chi connectivity index (χ0n) is 9.43. The van der Waals surface area contributed by atoms with Crippen LogP contribution in [-0.2, 0) is 6.42 Å². The van der Waals surface area contributed by atoms with Crippen LogP contribution in [0.2, 0.25) is 0 Å². The molecule has 0 aliphatic rings. The Morgan fingerprint density at radius 2 is 2.24 bits per heavy atom. The minimum atomic E-state index is -0.205. The second kappa shape index (κ2) is 4.98. The summed E-state index contributed by atoms with van der Waals surface area (Å²) in [5.41, 5.74) is 8.84. The molecule has 1 aromatic heterocycles. The molecule has 0 saturated heterocycles. The third kappa shape index (κ3) is 2.56. The van der Waals surface area contributed by atoms with Crippen LogP contribution in [0.3, 0.4) is 0 Å². The first kappa shape index (κ1) is 12.3. The molecule has 0 aliphatic heterocycles. The van der Waals surface area contributed by atoms with E-state index in [1.54, 1.807) is 19.1 Å². The van der Waals surface area contributed by atoms with E-state index in [0.29, 0.717) is 23.3 Å². The van der Waals surface area contributed by atoms with Crippen LogP contribution in [0.15, 0.2) is 22.9 Å². The number of rotatable bonds is 3. The molecule has 0 amide bonds. The molecule has 90 valence electrons. The molecule has 0 unspecified atom stereocenters. The largest absolute Gasteiger partial charge is 0.336 e. The molecule has 17 heavy (non-hydrogen) atoms. The number of nitrogens with two attached hydrogens (primary N) is 1. The van der Waals surface area contributed by atoms with Crippen LogP contribution in [0.5, 0.6) is 0 Å². The van der Waals surface area contributed by atoms with Crippen molar-refractivity contribution < 1.29 is 4.39 Å². The van der Waals surface area contributed by atoms with Gasteiger partial charge in [-0.1, -0.05) is 0 Å². The summed E-state index contributed by atoms with van der Waals surface area (Å²) >= 11 is 3.30. The van der Waals surface area contributed by atoms with E-state index in [2.05, 4.69) is 25.9 Å². The van der Waals surface area contributed by atoms with Gasteiger partial charge in [0.25, 0.3) is 0 Å². The maximum atomic E-state index is 13.2. The Kier molecular flexibility index (Phi) is 3.59. The predicted octanol–water partition coefficient (Wildman–Crippen LogP) is 2.79. The lowest BCUT2D eigenvalue weighted by Crippen LogP contribution is -2.04. The Morgan fingerprint density at radius 1 is 1.47 bits per heavy atom. The van der Waals surface area contributed by atoms with Crippen LogP contribution in [0.4, 0.5) is 4.39 Å². The molecule has 0 spiro atoms. The number of imidazole rings is 1. The Balaban J connectivity index is 2.47. The molecule has 3 N–H and O–H groups in total. The number of hydrogen-bond acceptors (Lipinski definition) is 2. The van der Waals surface area contributed by atoms with E-state index in [-0.39, 0.29) is 5.82 Å². The molecule has 0 atom stereocenters. The number of nitrogens with one attached hydrogen (secondary N) is 1. The molecule has 0 radical (unpaired) electrons. The molecule has 0 saturated carbocycles. The molecule has 3 nitrogen and oxygen atoms in total. The first-order valence-electron chi connectivity index (χ1n) is 5.33. The Morgan fingerprint density at radius 3 is 2.88 bits per heavy atom. The van der Waals surface area contributed by atoms with Gasteiger partial charge in [0, 0.05) is 17.7 Å². The lowest BCUT2D eigenvalue weighted by molar-refractivity contribution is 0.618. The van der Waals surface area contributed by atoms with Gasteiger partial charge in [-0.05, 0) is 53.2 Å². The topological polar surface area (TPSA) is 54.7 Å². The Labute approximate surface area is 107 Å². The van der Waals surface area contributed by atoms with Gasteiger partial charge in [-0.3, -0.25) is 0 Å². The highest BCUT2D eigenvalue weighted by Crippen LogP contribution is 2.25. The van der Waals surface area contributed by atoms with Gasteiger partial charge in [-0.25, -0.2) is 9.37 Å². The van der Waals surface area contributed by atoms with E-state index in [0.717, 1.165) is 17.0 Å². The maximum absolute atomic E-state index is 13.2. The monoisotopic (exact) mass is 297 g/mol. The molecular weight excluding hydrogens is 285 g/mol. The number of nitrogens with zero attached hydrogens (tertiary/aromatic N) is 1. The minimum Gasteiger partial charge on any atom is -0.336 e. The summed E-state index contributed by atoms with van der Waals surface area (Å²) in [4.78, 5) is 7.46. The van der Waals surface area contributed by atoms with Crippen molar-refractivity contribution in [1.29, 1.82) is 0 Å². The summed E-state index contributed by atoms with van der Waals surface area (Å²) < 4.78 is 13.9. The fourth-order valence-corrected chi connectivity index (χ4v) is 2.15. The van der Waals surface area contributed by atoms with Crippen LogP contribution < -0.4 is 5.73 Å². The molecule has 0 aliphatic carbocycles. The highest BCUT2D eigenvalue weighted by molar-refractivity contribution is 9.10. The number of aromatic amines is 1. The second-order valence-corrected chi connectivity index (χ2v) is 4.61. The van der Waals surface area contributed by atoms with E-state index in [1.807, 2.05) is 0 Å². The van der Waals surface area contributed by atoms with E-state index >= 15 is 0 Å². The molecule has 0 bridgehead atoms. The molecular formula is C12H13BrFN3. The van der Waals surface area contributed by atoms with Gasteiger partial charge in [0.1, 0.15) is 5.82 Å². The van der Waals surface area contributed by atoms with E-state index in [1.165, 1.54) is 6.07 Å². The van der Waals surface area contributed by atoms with Crippen molar-refractivity contribution in [2.75, 3.05) is 6.54 Å². The quantitative estimate of drug-likeness (QED) is 0.915. The first-order valence-corrected chi connectivity index (χ1v) is 6.12. The molecule has 2 rings (SSSR count). The van der Waals surface area contributed by atoms with E-state index in [4.69, 9.17) is 5.73 Å². The van der Waals surface area contributed by atoms with Gasteiger partial charge in [0.2, 0.25) is 0 Å². The third-order valence-electron chi connectivity index (χ3n) is 2.58. The van der Waals surface area contributed by atoms with Crippen molar-refractivity contribution in [3.05, 3.63) is 40.0 Å². The van der Waals surface area contributed by atoms with Crippen LogP contribution in [0.25, 0.3) is 11.3 Å². The van der Waals surface area contributed by atoms with Crippen molar-refractivity contribution in [2.24, 2.45) is 5.73 Å². The minimum absolute atomic E-state index is 0.205. The normalized spacial score (nSPS) is 10.8. The number of benzene rings is 1. The van der Waals surface area contributed by atoms with E-state index < -0.39 is 0 Å². The van der Waals surface area contributed by atoms with Crippen LogP contribution >= 0.6 is 15.9 Å². The van der Waals surface area contributed by atoms with E-state index in [9.17, 15) is 4.39 Å². The van der Waals surface area contributed by atoms with Gasteiger partial charge in [0.05, 0.1) is 5.69 Å². The van der Waals surface area contributed by atoms with Crippen LogP contribution in [-0.4, -0.2) is 16.5 Å². The van der Waals surface area contributed by atoms with Crippen molar-refractivity contribution in [3.8, 4) is 11.3 Å². The average molecular weight is 298 g/mol. The van der Waals surface area contributed by atoms with Crippen molar-refractivity contribution in [3.63, 3.8) is 0 Å². The molecule has 5 heteroatoms. The fraction of sp³-hybridized carbons (Fsp3) is 0.250. The lowest BCUT2D eigenvalue weighted by atomic mass is 10.1. The molecule has 1 aromatic carbocycles.